The Bertz CT molecular complexity index is 534. The molecule has 1 amide bonds. The number of halogens is 1. The quantitative estimate of drug-likeness (QED) is 0.833. The summed E-state index contributed by atoms with van der Waals surface area (Å²) in [4.78, 5) is 13.2. The van der Waals surface area contributed by atoms with Gasteiger partial charge in [0.25, 0.3) is 5.91 Å². The topological polar surface area (TPSA) is 49.8 Å². The summed E-state index contributed by atoms with van der Waals surface area (Å²) in [5, 5.41) is 9.48. The van der Waals surface area contributed by atoms with Gasteiger partial charge < -0.3 is 14.7 Å². The molecule has 0 aromatic heterocycles. The van der Waals surface area contributed by atoms with E-state index in [4.69, 9.17) is 4.74 Å². The number of hydrogen-bond acceptors (Lipinski definition) is 3. The molecule has 4 nitrogen and oxygen atoms in total. The van der Waals surface area contributed by atoms with E-state index in [1.54, 1.807) is 21.1 Å². The Morgan fingerprint density at radius 3 is 2.75 bits per heavy atom. The highest BCUT2D eigenvalue weighted by molar-refractivity contribution is 9.10. The molecule has 0 aliphatic carbocycles. The summed E-state index contributed by atoms with van der Waals surface area (Å²) in [6.45, 7) is 1.49. The number of benzene rings is 1. The Morgan fingerprint density at radius 1 is 1.55 bits per heavy atom. The molecule has 0 heterocycles. The summed E-state index contributed by atoms with van der Waals surface area (Å²) in [7, 11) is 3.25. The third-order valence-electron chi connectivity index (χ3n) is 3.03. The van der Waals surface area contributed by atoms with E-state index < -0.39 is 0 Å². The lowest BCUT2D eigenvalue weighted by atomic mass is 10.1. The van der Waals surface area contributed by atoms with Crippen molar-refractivity contribution in [1.29, 1.82) is 0 Å². The van der Waals surface area contributed by atoms with Crippen LogP contribution in [0.25, 0.3) is 0 Å². The molecule has 1 rings (SSSR count). The van der Waals surface area contributed by atoms with Crippen molar-refractivity contribution in [2.24, 2.45) is 0 Å². The lowest BCUT2D eigenvalue weighted by molar-refractivity contribution is -0.126. The summed E-state index contributed by atoms with van der Waals surface area (Å²) in [6, 6.07) is 5.31. The van der Waals surface area contributed by atoms with E-state index in [9.17, 15) is 9.90 Å². The van der Waals surface area contributed by atoms with Crippen LogP contribution in [0.1, 0.15) is 12.5 Å². The minimum absolute atomic E-state index is 0.119. The minimum Gasteiger partial charge on any atom is -0.497 e. The van der Waals surface area contributed by atoms with Crippen LogP contribution in [0.5, 0.6) is 5.75 Å². The van der Waals surface area contributed by atoms with Crippen molar-refractivity contribution in [3.63, 3.8) is 0 Å². The SMILES string of the molecule is CC#CC(=O)N(C)[C@@H](CO)Cc1ccc(OC)cc1Br. The lowest BCUT2D eigenvalue weighted by Crippen LogP contribution is -2.40. The van der Waals surface area contributed by atoms with Crippen LogP contribution in [0, 0.1) is 11.8 Å². The first-order chi connectivity index (χ1) is 9.53. The number of amides is 1. The van der Waals surface area contributed by atoms with Crippen LogP contribution >= 0.6 is 15.9 Å². The zero-order chi connectivity index (χ0) is 15.1. The Morgan fingerprint density at radius 2 is 2.25 bits per heavy atom. The molecule has 1 aromatic rings. The van der Waals surface area contributed by atoms with Crippen LogP contribution in [0.3, 0.4) is 0 Å². The van der Waals surface area contributed by atoms with E-state index in [0.717, 1.165) is 15.8 Å². The summed E-state index contributed by atoms with van der Waals surface area (Å²) in [5.74, 6) is 5.50. The van der Waals surface area contributed by atoms with E-state index in [2.05, 4.69) is 27.8 Å². The molecule has 0 spiro atoms. The van der Waals surface area contributed by atoms with Crippen molar-refractivity contribution in [3.8, 4) is 17.6 Å². The van der Waals surface area contributed by atoms with E-state index in [0.29, 0.717) is 6.42 Å². The first kappa shape index (κ1) is 16.5. The predicted octanol–water partition coefficient (Wildman–Crippen LogP) is 1.84. The van der Waals surface area contributed by atoms with Crippen molar-refractivity contribution in [1.82, 2.24) is 4.90 Å². The van der Waals surface area contributed by atoms with Crippen LogP contribution in [0.2, 0.25) is 0 Å². The second-order valence-corrected chi connectivity index (χ2v) is 5.14. The molecule has 1 atom stereocenters. The molecule has 0 aliphatic rings. The van der Waals surface area contributed by atoms with Crippen LogP contribution in [-0.2, 0) is 11.2 Å². The number of rotatable bonds is 5. The van der Waals surface area contributed by atoms with Gasteiger partial charge in [-0.15, -0.1) is 0 Å². The second-order valence-electron chi connectivity index (χ2n) is 4.29. The van der Waals surface area contributed by atoms with Crippen molar-refractivity contribution in [2.45, 2.75) is 19.4 Å². The van der Waals surface area contributed by atoms with Gasteiger partial charge in [0.15, 0.2) is 0 Å². The van der Waals surface area contributed by atoms with Crippen molar-refractivity contribution in [2.75, 3.05) is 20.8 Å². The fraction of sp³-hybridized carbons (Fsp3) is 0.400. The fourth-order valence-corrected chi connectivity index (χ4v) is 2.28. The zero-order valence-electron chi connectivity index (χ0n) is 11.8. The monoisotopic (exact) mass is 339 g/mol. The molecule has 0 saturated carbocycles. The molecule has 0 unspecified atom stereocenters. The maximum Gasteiger partial charge on any atom is 0.298 e. The van der Waals surface area contributed by atoms with E-state index >= 15 is 0 Å². The number of hydrogen-bond donors (Lipinski definition) is 1. The number of aliphatic hydroxyl groups is 1. The van der Waals surface area contributed by atoms with Gasteiger partial charge in [-0.2, -0.15) is 0 Å². The van der Waals surface area contributed by atoms with Gasteiger partial charge in [-0.05, 0) is 37.0 Å². The number of nitrogens with zero attached hydrogens (tertiary/aromatic N) is 1. The molecule has 0 saturated heterocycles. The number of carbonyl (C=O) groups is 1. The zero-order valence-corrected chi connectivity index (χ0v) is 13.4. The minimum atomic E-state index is -0.312. The number of ether oxygens (including phenoxy) is 1. The van der Waals surface area contributed by atoms with Crippen LogP contribution < -0.4 is 4.74 Å². The summed E-state index contributed by atoms with van der Waals surface area (Å²) < 4.78 is 6.02. The van der Waals surface area contributed by atoms with E-state index in [-0.39, 0.29) is 18.6 Å². The van der Waals surface area contributed by atoms with Crippen molar-refractivity contribution in [3.05, 3.63) is 28.2 Å². The van der Waals surface area contributed by atoms with Crippen molar-refractivity contribution < 1.29 is 14.6 Å². The van der Waals surface area contributed by atoms with E-state index in [1.165, 1.54) is 4.90 Å². The Balaban J connectivity index is 2.87. The summed E-state index contributed by atoms with van der Waals surface area (Å²) in [6.07, 6.45) is 0.536. The van der Waals surface area contributed by atoms with Gasteiger partial charge in [-0.1, -0.05) is 27.9 Å². The van der Waals surface area contributed by atoms with Gasteiger partial charge >= 0.3 is 0 Å². The first-order valence-electron chi connectivity index (χ1n) is 6.16. The summed E-state index contributed by atoms with van der Waals surface area (Å²) >= 11 is 3.47. The predicted molar refractivity (Wildman–Crippen MR) is 81.5 cm³/mol. The molecule has 5 heteroatoms. The molecule has 0 fully saturated rings. The fourth-order valence-electron chi connectivity index (χ4n) is 1.76. The van der Waals surface area contributed by atoms with Gasteiger partial charge in [-0.25, -0.2) is 0 Å². The molecule has 20 heavy (non-hydrogen) atoms. The molecule has 108 valence electrons. The normalized spacial score (nSPS) is 11.2. The third kappa shape index (κ3) is 4.26. The Labute approximate surface area is 127 Å². The average molecular weight is 340 g/mol. The Hall–Kier alpha value is -1.51. The smallest absolute Gasteiger partial charge is 0.298 e. The maximum atomic E-state index is 11.7. The third-order valence-corrected chi connectivity index (χ3v) is 3.76. The number of likely N-dealkylation sites (N-methyl/N-ethyl adjacent to an activating group) is 1. The maximum absolute atomic E-state index is 11.7. The largest absolute Gasteiger partial charge is 0.497 e. The van der Waals surface area contributed by atoms with Gasteiger partial charge in [0.2, 0.25) is 0 Å². The molecule has 1 N–H and O–H groups in total. The van der Waals surface area contributed by atoms with E-state index in [1.807, 2.05) is 18.2 Å². The highest BCUT2D eigenvalue weighted by Crippen LogP contribution is 2.24. The molecule has 0 bridgehead atoms. The lowest BCUT2D eigenvalue weighted by Gasteiger charge is -2.25. The molecular weight excluding hydrogens is 322 g/mol. The van der Waals surface area contributed by atoms with Crippen LogP contribution in [0.4, 0.5) is 0 Å². The highest BCUT2D eigenvalue weighted by Gasteiger charge is 2.19. The van der Waals surface area contributed by atoms with Gasteiger partial charge in [-0.3, -0.25) is 4.79 Å². The van der Waals surface area contributed by atoms with Crippen molar-refractivity contribution >= 4 is 21.8 Å². The van der Waals surface area contributed by atoms with Gasteiger partial charge in [0.1, 0.15) is 5.75 Å². The molecular formula is C15H18BrNO3. The van der Waals surface area contributed by atoms with Crippen LogP contribution in [0.15, 0.2) is 22.7 Å². The number of carbonyl (C=O) groups excluding carboxylic acids is 1. The number of aliphatic hydroxyl groups excluding tert-OH is 1. The molecule has 0 radical (unpaired) electrons. The standard InChI is InChI=1S/C15H18BrNO3/c1-4-5-15(19)17(2)12(10-18)8-11-6-7-13(20-3)9-14(11)16/h6-7,9,12,18H,8,10H2,1-3H3/t12-/m1/s1. The highest BCUT2D eigenvalue weighted by atomic mass is 79.9. The number of methoxy groups -OCH3 is 1. The van der Waals surface area contributed by atoms with Crippen LogP contribution in [-0.4, -0.2) is 42.7 Å². The summed E-state index contributed by atoms with van der Waals surface area (Å²) in [5.41, 5.74) is 0.994. The molecule has 1 aromatic carbocycles. The average Bonchev–Trinajstić information content (AvgIpc) is 2.45. The van der Waals surface area contributed by atoms with Gasteiger partial charge in [0, 0.05) is 11.5 Å². The van der Waals surface area contributed by atoms with Gasteiger partial charge in [0.05, 0.1) is 19.8 Å². The second kappa shape index (κ2) is 7.93. The first-order valence-corrected chi connectivity index (χ1v) is 6.95. The molecule has 0 aliphatic heterocycles. The Kier molecular flexibility index (Phi) is 6.56.